The molecule has 3 nitrogen and oxygen atoms in total. The Bertz CT molecular complexity index is 2260. The van der Waals surface area contributed by atoms with E-state index in [9.17, 15) is 0 Å². The van der Waals surface area contributed by atoms with Crippen molar-refractivity contribution in [2.45, 2.75) is 24.2 Å². The van der Waals surface area contributed by atoms with Crippen molar-refractivity contribution in [3.8, 4) is 33.4 Å². The molecule has 0 radical (unpaired) electrons. The van der Waals surface area contributed by atoms with Crippen LogP contribution in [0.4, 0.5) is 11.4 Å². The van der Waals surface area contributed by atoms with Crippen molar-refractivity contribution in [3.63, 3.8) is 0 Å². The molecule has 0 aliphatic carbocycles. The van der Waals surface area contributed by atoms with Crippen LogP contribution in [0.2, 0.25) is 0 Å². The molecule has 1 aromatic heterocycles. The Kier molecular flexibility index (Phi) is 11.6. The molecule has 0 aliphatic rings. The number of aryl methyl sites for hydroxylation is 2. The van der Waals surface area contributed by atoms with E-state index in [-0.39, 0.29) is 0 Å². The summed E-state index contributed by atoms with van der Waals surface area (Å²) < 4.78 is 0.301. The van der Waals surface area contributed by atoms with E-state index in [1.54, 1.807) is 12.3 Å². The number of aromatic nitrogens is 1. The van der Waals surface area contributed by atoms with Crippen LogP contribution in [-0.4, -0.2) is 30.8 Å². The van der Waals surface area contributed by atoms with Gasteiger partial charge in [0.25, 0.3) is 0 Å². The maximum absolute atomic E-state index is 6.16. The molecule has 0 saturated carbocycles. The van der Waals surface area contributed by atoms with E-state index in [1.807, 2.05) is 18.5 Å². The second kappa shape index (κ2) is 16.6. The third kappa shape index (κ3) is 8.21. The van der Waals surface area contributed by atoms with E-state index < -0.39 is 0 Å². The molecule has 0 fully saturated rings. The molecule has 1 unspecified atom stereocenters. The number of pyridine rings is 1. The first-order valence-electron chi connectivity index (χ1n) is 17.2. The topological polar surface area (TPSA) is 50.9 Å². The maximum atomic E-state index is 6.16. The summed E-state index contributed by atoms with van der Waals surface area (Å²) in [4.78, 5) is 4.44. The summed E-state index contributed by atoms with van der Waals surface area (Å²) in [6.45, 7) is 10.3. The summed E-state index contributed by atoms with van der Waals surface area (Å²) in [7, 11) is 0. The fourth-order valence-electron chi connectivity index (χ4n) is 6.48. The van der Waals surface area contributed by atoms with Gasteiger partial charge in [0.2, 0.25) is 0 Å². The van der Waals surface area contributed by atoms with Gasteiger partial charge < -0.3 is 0 Å². The molecule has 6 aromatic rings. The van der Waals surface area contributed by atoms with E-state index in [2.05, 4.69) is 171 Å². The van der Waals surface area contributed by atoms with Crippen LogP contribution in [-0.2, 0) is 0 Å². The third-order valence-corrected chi connectivity index (χ3v) is 11.5. The van der Waals surface area contributed by atoms with Gasteiger partial charge in [-0.2, -0.15) is 0 Å². The van der Waals surface area contributed by atoms with Crippen molar-refractivity contribution >= 4 is 48.8 Å². The SMILES string of the molecule is C=C/C=C(C)\C(=C/N)c1ccccc1-c1ccc(C)c(/C=C\[CH]([Tl])c2ccc(-c3ccccc3-c3cnccc3C)cc2Nc2ccccc2)c1. The van der Waals surface area contributed by atoms with E-state index in [1.165, 1.54) is 38.9 Å². The van der Waals surface area contributed by atoms with Crippen molar-refractivity contribution in [1.82, 2.24) is 4.98 Å². The molecule has 4 heteroatoms. The van der Waals surface area contributed by atoms with Crippen LogP contribution in [0.1, 0.15) is 38.2 Å². The minimum atomic E-state index is 0.301. The molecule has 0 spiro atoms. The van der Waals surface area contributed by atoms with Crippen molar-refractivity contribution < 1.29 is 0 Å². The summed E-state index contributed by atoms with van der Waals surface area (Å²) in [5, 5.41) is 3.77. The van der Waals surface area contributed by atoms with Gasteiger partial charge in [0.15, 0.2) is 0 Å². The number of hydrogen-bond acceptors (Lipinski definition) is 3. The summed E-state index contributed by atoms with van der Waals surface area (Å²) >= 11 is 0.680. The fraction of sp³-hybridized carbons (Fsp3) is 0.0851. The number of para-hydroxylation sites is 1. The molecule has 3 N–H and O–H groups in total. The molecule has 0 saturated heterocycles. The first kappa shape index (κ1) is 35.6. The van der Waals surface area contributed by atoms with Gasteiger partial charge in [-0.25, -0.2) is 0 Å². The van der Waals surface area contributed by atoms with E-state index in [0.717, 1.165) is 44.8 Å². The third-order valence-electron chi connectivity index (χ3n) is 9.28. The van der Waals surface area contributed by atoms with E-state index in [4.69, 9.17) is 5.73 Å². The van der Waals surface area contributed by atoms with Crippen molar-refractivity contribution in [2.24, 2.45) is 5.73 Å². The summed E-state index contributed by atoms with van der Waals surface area (Å²) in [6.07, 6.45) is 14.0. The Morgan fingerprint density at radius 2 is 1.45 bits per heavy atom. The Morgan fingerprint density at radius 3 is 2.20 bits per heavy atom. The van der Waals surface area contributed by atoms with Gasteiger partial charge >= 0.3 is 314 Å². The second-order valence-corrected chi connectivity index (χ2v) is 15.5. The van der Waals surface area contributed by atoms with Gasteiger partial charge in [-0.3, -0.25) is 0 Å². The zero-order chi connectivity index (χ0) is 35.7. The molecule has 248 valence electrons. The molecule has 0 aliphatic heterocycles. The zero-order valence-electron chi connectivity index (χ0n) is 29.5. The molecule has 6 rings (SSSR count). The summed E-state index contributed by atoms with van der Waals surface area (Å²) in [5.74, 6) is 0. The second-order valence-electron chi connectivity index (χ2n) is 12.7. The Morgan fingerprint density at radius 1 is 0.765 bits per heavy atom. The Labute approximate surface area is 318 Å². The van der Waals surface area contributed by atoms with Crippen LogP contribution in [0.15, 0.2) is 170 Å². The Hall–Kier alpha value is -5.27. The van der Waals surface area contributed by atoms with Crippen molar-refractivity contribution in [3.05, 3.63) is 198 Å². The van der Waals surface area contributed by atoms with Crippen LogP contribution in [0, 0.1) is 13.8 Å². The van der Waals surface area contributed by atoms with Gasteiger partial charge in [-0.15, -0.1) is 0 Å². The van der Waals surface area contributed by atoms with E-state index in [0.29, 0.717) is 29.2 Å². The number of nitrogens with zero attached hydrogens (tertiary/aromatic N) is 1. The van der Waals surface area contributed by atoms with Gasteiger partial charge in [-0.1, -0.05) is 6.58 Å². The van der Waals surface area contributed by atoms with Crippen molar-refractivity contribution in [2.75, 3.05) is 5.32 Å². The quantitative estimate of drug-likeness (QED) is 0.101. The number of nitrogens with two attached hydrogens (primary N) is 1. The molecule has 5 aromatic carbocycles. The number of benzene rings is 5. The number of nitrogens with one attached hydrogen (secondary N) is 1. The number of allylic oxidation sites excluding steroid dienone is 5. The first-order valence-corrected chi connectivity index (χ1v) is 19.8. The molecule has 1 heterocycles. The predicted octanol–water partition coefficient (Wildman–Crippen LogP) is 11.8. The molecule has 51 heavy (non-hydrogen) atoms. The van der Waals surface area contributed by atoms with Gasteiger partial charge in [0.05, 0.1) is 0 Å². The fourth-order valence-corrected chi connectivity index (χ4v) is 8.05. The van der Waals surface area contributed by atoms with Crippen LogP contribution in [0.3, 0.4) is 0 Å². The van der Waals surface area contributed by atoms with Crippen LogP contribution in [0.5, 0.6) is 0 Å². The molecular formula is C47H42N3Tl. The van der Waals surface area contributed by atoms with Crippen LogP contribution < -0.4 is 11.1 Å². The van der Waals surface area contributed by atoms with Crippen molar-refractivity contribution in [1.29, 1.82) is 0 Å². The predicted molar refractivity (Wildman–Crippen MR) is 220 cm³/mol. The number of rotatable bonds is 11. The number of hydrogen-bond donors (Lipinski definition) is 2. The normalized spacial score (nSPS) is 12.5. The Balaban J connectivity index is 1.37. The summed E-state index contributed by atoms with van der Waals surface area (Å²) in [5.41, 5.74) is 23.5. The molecular weight excluding hydrogens is 811 g/mol. The monoisotopic (exact) mass is 853 g/mol. The average molecular weight is 853 g/mol. The molecule has 1 atom stereocenters. The van der Waals surface area contributed by atoms with E-state index >= 15 is 0 Å². The summed E-state index contributed by atoms with van der Waals surface area (Å²) in [6, 6.07) is 43.2. The minimum absolute atomic E-state index is 0.301. The van der Waals surface area contributed by atoms with Gasteiger partial charge in [0, 0.05) is 0 Å². The average Bonchev–Trinajstić information content (AvgIpc) is 3.16. The van der Waals surface area contributed by atoms with Crippen LogP contribution >= 0.6 is 0 Å². The van der Waals surface area contributed by atoms with Gasteiger partial charge in [0.1, 0.15) is 0 Å². The zero-order valence-corrected chi connectivity index (χ0v) is 34.0. The standard InChI is InChI=1S/C47H42N3.Tl/c1-5-14-34(3)45(31-48)43-21-11-9-19-41(43)38-24-23-33(2)37(29-38)16-13-15-36-25-26-39(30-47(36)50-40-17-7-6-8-18-40)42-20-10-12-22-44(42)46-32-49-28-27-35(46)4;/h5-32,50H,1,48H2,2-4H3;/b16-13-,34-14-,45-31+;. The molecule has 0 bridgehead atoms. The van der Waals surface area contributed by atoms with Crippen LogP contribution in [0.25, 0.3) is 45.0 Å². The molecule has 0 amide bonds. The van der Waals surface area contributed by atoms with Gasteiger partial charge in [-0.05, 0) is 0 Å². The first-order chi connectivity index (χ1) is 24.9. The number of anilines is 2.